The van der Waals surface area contributed by atoms with Gasteiger partial charge in [0.25, 0.3) is 0 Å². The smallest absolute Gasteiger partial charge is 0.307 e. The molecule has 1 aliphatic heterocycles. The molecule has 0 unspecified atom stereocenters. The summed E-state index contributed by atoms with van der Waals surface area (Å²) >= 11 is 0. The first-order chi connectivity index (χ1) is 8.49. The Kier molecular flexibility index (Phi) is 3.33. The van der Waals surface area contributed by atoms with Crippen LogP contribution >= 0.6 is 0 Å². The highest BCUT2D eigenvalue weighted by Crippen LogP contribution is 2.18. The molecule has 2 amide bonds. The Bertz CT molecular complexity index is 632. The van der Waals surface area contributed by atoms with E-state index in [0.717, 1.165) is 4.90 Å². The minimum Gasteiger partial charge on any atom is -0.307 e. The van der Waals surface area contributed by atoms with Gasteiger partial charge in [0.15, 0.2) is 0 Å². The fourth-order valence-electron chi connectivity index (χ4n) is 1.61. The second-order valence-electron chi connectivity index (χ2n) is 3.92. The van der Waals surface area contributed by atoms with Gasteiger partial charge in [0, 0.05) is 18.7 Å². The van der Waals surface area contributed by atoms with Crippen LogP contribution in [0.3, 0.4) is 0 Å². The van der Waals surface area contributed by atoms with Gasteiger partial charge in [-0.15, -0.1) is 0 Å². The van der Waals surface area contributed by atoms with Crippen molar-refractivity contribution in [2.24, 2.45) is 0 Å². The normalized spacial score (nSPS) is 14.1. The van der Waals surface area contributed by atoms with E-state index in [1.807, 2.05) is 0 Å². The van der Waals surface area contributed by atoms with Crippen LogP contribution in [-0.2, 0) is 10.3 Å². The first-order valence-corrected chi connectivity index (χ1v) is 6.36. The second-order valence-corrected chi connectivity index (χ2v) is 4.86. The van der Waals surface area contributed by atoms with E-state index in [1.165, 1.54) is 18.2 Å². The van der Waals surface area contributed by atoms with E-state index in [9.17, 15) is 17.6 Å². The van der Waals surface area contributed by atoms with Crippen molar-refractivity contribution >= 4 is 27.0 Å². The molecular formula is C11H11FN2O3S. The maximum atomic E-state index is 13.0. The minimum atomic E-state index is -2.38. The molecule has 0 aliphatic carbocycles. The number of halogens is 1. The molecule has 1 aliphatic rings. The largest absolute Gasteiger partial charge is 0.326 e. The van der Waals surface area contributed by atoms with E-state index < -0.39 is 22.1 Å². The maximum absolute atomic E-state index is 13.0. The molecule has 18 heavy (non-hydrogen) atoms. The first-order valence-electron chi connectivity index (χ1n) is 5.29. The standard InChI is InChI=1S/C11H11FN2O3S/c1-7-2-3-8(12)6-9(7)13-11(15)14-5-4-10(14)18(16)17/h2-3,6H,4-5H2,1H3,(H,13,15). The van der Waals surface area contributed by atoms with Gasteiger partial charge in [-0.2, -0.15) is 8.42 Å². The molecule has 7 heteroatoms. The van der Waals surface area contributed by atoms with Gasteiger partial charge >= 0.3 is 6.03 Å². The molecule has 1 aromatic carbocycles. The quantitative estimate of drug-likeness (QED) is 0.784. The van der Waals surface area contributed by atoms with Crippen LogP contribution in [0.1, 0.15) is 12.0 Å². The summed E-state index contributed by atoms with van der Waals surface area (Å²) < 4.78 is 34.5. The van der Waals surface area contributed by atoms with Crippen molar-refractivity contribution < 1.29 is 17.6 Å². The zero-order valence-electron chi connectivity index (χ0n) is 9.60. The number of benzene rings is 1. The predicted octanol–water partition coefficient (Wildman–Crippen LogP) is 1.38. The Morgan fingerprint density at radius 2 is 2.17 bits per heavy atom. The lowest BCUT2D eigenvalue weighted by atomic mass is 10.2. The average molecular weight is 270 g/mol. The van der Waals surface area contributed by atoms with E-state index in [0.29, 0.717) is 24.2 Å². The fraction of sp³-hybridized carbons (Fsp3) is 0.273. The molecule has 0 saturated carbocycles. The Morgan fingerprint density at radius 3 is 2.72 bits per heavy atom. The highest BCUT2D eigenvalue weighted by molar-refractivity contribution is 7.73. The molecule has 5 nitrogen and oxygen atoms in total. The number of carbonyl (C=O) groups is 1. The zero-order valence-corrected chi connectivity index (χ0v) is 10.4. The number of nitrogens with one attached hydrogen (secondary N) is 1. The molecule has 0 atom stereocenters. The third-order valence-corrected chi connectivity index (χ3v) is 3.54. The van der Waals surface area contributed by atoms with Gasteiger partial charge in [0.05, 0.1) is 0 Å². The number of rotatable bonds is 1. The van der Waals surface area contributed by atoms with E-state index >= 15 is 0 Å². The third-order valence-electron chi connectivity index (χ3n) is 2.73. The number of amides is 2. The molecule has 1 saturated heterocycles. The molecule has 0 bridgehead atoms. The highest BCUT2D eigenvalue weighted by atomic mass is 32.2. The van der Waals surface area contributed by atoms with Crippen molar-refractivity contribution in [3.8, 4) is 0 Å². The predicted molar refractivity (Wildman–Crippen MR) is 65.4 cm³/mol. The van der Waals surface area contributed by atoms with Crippen LogP contribution in [0.4, 0.5) is 14.9 Å². The summed E-state index contributed by atoms with van der Waals surface area (Å²) in [5.74, 6) is -0.462. The van der Waals surface area contributed by atoms with Gasteiger partial charge in [-0.25, -0.2) is 9.18 Å². The van der Waals surface area contributed by atoms with E-state index in [4.69, 9.17) is 0 Å². The molecule has 1 N–H and O–H groups in total. The minimum absolute atomic E-state index is 0.0570. The lowest BCUT2D eigenvalue weighted by molar-refractivity contribution is 0.228. The number of aryl methyl sites for hydroxylation is 1. The van der Waals surface area contributed by atoms with E-state index in [1.54, 1.807) is 6.92 Å². The fourth-order valence-corrected chi connectivity index (χ4v) is 2.23. The molecule has 0 radical (unpaired) electrons. The summed E-state index contributed by atoms with van der Waals surface area (Å²) in [5, 5.41) is 2.49. The second kappa shape index (κ2) is 4.77. The highest BCUT2D eigenvalue weighted by Gasteiger charge is 2.29. The topological polar surface area (TPSA) is 66.5 Å². The Balaban J connectivity index is 2.18. The number of likely N-dealkylation sites (tertiary alicyclic amines) is 1. The van der Waals surface area contributed by atoms with E-state index in [2.05, 4.69) is 5.32 Å². The zero-order chi connectivity index (χ0) is 13.3. The summed E-state index contributed by atoms with van der Waals surface area (Å²) in [6.45, 7) is 2.07. The maximum Gasteiger partial charge on any atom is 0.326 e. The SMILES string of the molecule is Cc1ccc(F)cc1NC(=O)N1CCC1=S(=O)=O. The number of hydrogen-bond acceptors (Lipinski definition) is 3. The number of urea groups is 1. The third kappa shape index (κ3) is 2.35. The van der Waals surface area contributed by atoms with Crippen molar-refractivity contribution in [3.05, 3.63) is 29.6 Å². The van der Waals surface area contributed by atoms with Gasteiger partial charge in [-0.3, -0.25) is 4.90 Å². The molecule has 96 valence electrons. The number of carbonyl (C=O) groups excluding carboxylic acids is 1. The summed E-state index contributed by atoms with van der Waals surface area (Å²) in [4.78, 5) is 12.9. The van der Waals surface area contributed by atoms with Crippen LogP contribution in [0.2, 0.25) is 0 Å². The van der Waals surface area contributed by atoms with Gasteiger partial charge in [0.2, 0.25) is 10.3 Å². The van der Waals surface area contributed by atoms with Crippen LogP contribution in [0.15, 0.2) is 18.2 Å². The van der Waals surface area contributed by atoms with Gasteiger partial charge in [0.1, 0.15) is 10.8 Å². The first kappa shape index (κ1) is 12.6. The van der Waals surface area contributed by atoms with Crippen molar-refractivity contribution in [1.82, 2.24) is 4.90 Å². The van der Waals surface area contributed by atoms with Gasteiger partial charge < -0.3 is 5.32 Å². The monoisotopic (exact) mass is 270 g/mol. The van der Waals surface area contributed by atoms with Crippen molar-refractivity contribution in [1.29, 1.82) is 0 Å². The van der Waals surface area contributed by atoms with Gasteiger partial charge in [-0.05, 0) is 24.6 Å². The van der Waals surface area contributed by atoms with Crippen LogP contribution in [0.5, 0.6) is 0 Å². The number of nitrogens with zero attached hydrogens (tertiary/aromatic N) is 1. The van der Waals surface area contributed by atoms with Crippen molar-refractivity contribution in [2.75, 3.05) is 11.9 Å². The van der Waals surface area contributed by atoms with Crippen LogP contribution in [0.25, 0.3) is 0 Å². The van der Waals surface area contributed by atoms with Crippen LogP contribution in [-0.4, -0.2) is 30.9 Å². The Labute approximate surface area is 105 Å². The number of hydrogen-bond donors (Lipinski definition) is 1. The molecule has 2 rings (SSSR count). The van der Waals surface area contributed by atoms with Gasteiger partial charge in [-0.1, -0.05) is 6.07 Å². The average Bonchev–Trinajstić information content (AvgIpc) is 2.20. The Hall–Kier alpha value is -1.89. The summed E-state index contributed by atoms with van der Waals surface area (Å²) in [7, 11) is -2.38. The van der Waals surface area contributed by atoms with Crippen LogP contribution < -0.4 is 5.32 Å². The lowest BCUT2D eigenvalue weighted by Gasteiger charge is -2.30. The molecule has 1 heterocycles. The van der Waals surface area contributed by atoms with Crippen molar-refractivity contribution in [2.45, 2.75) is 13.3 Å². The van der Waals surface area contributed by atoms with E-state index in [-0.39, 0.29) is 4.99 Å². The summed E-state index contributed by atoms with van der Waals surface area (Å²) in [6, 6.07) is 3.46. The molecular weight excluding hydrogens is 259 g/mol. The summed E-state index contributed by atoms with van der Waals surface area (Å²) in [6.07, 6.45) is 0.353. The molecule has 0 spiro atoms. The summed E-state index contributed by atoms with van der Waals surface area (Å²) in [5.41, 5.74) is 1.04. The number of anilines is 1. The van der Waals surface area contributed by atoms with Crippen molar-refractivity contribution in [3.63, 3.8) is 0 Å². The molecule has 1 aromatic rings. The molecule has 0 aromatic heterocycles. The molecule has 1 fully saturated rings. The lowest BCUT2D eigenvalue weighted by Crippen LogP contribution is -2.50. The van der Waals surface area contributed by atoms with Crippen LogP contribution in [0, 0.1) is 12.7 Å². The Morgan fingerprint density at radius 1 is 1.44 bits per heavy atom.